The van der Waals surface area contributed by atoms with E-state index < -0.39 is 0 Å². The van der Waals surface area contributed by atoms with Crippen molar-refractivity contribution in [3.05, 3.63) is 33.1 Å². The molecule has 0 saturated heterocycles. The number of fused-ring (bicyclic) bond motifs is 2. The molecule has 0 N–H and O–H groups in total. The van der Waals surface area contributed by atoms with E-state index in [1.165, 1.54) is 6.42 Å². The molecule has 3 fully saturated rings. The summed E-state index contributed by atoms with van der Waals surface area (Å²) in [6.07, 6.45) is 7.58. The second-order valence-electron chi connectivity index (χ2n) is 10.2. The Balaban J connectivity index is 1.54. The third-order valence-corrected chi connectivity index (χ3v) is 12.5. The van der Waals surface area contributed by atoms with Crippen molar-refractivity contribution in [2.24, 2.45) is 28.6 Å². The van der Waals surface area contributed by atoms with Gasteiger partial charge in [-0.25, -0.2) is 23.5 Å². The van der Waals surface area contributed by atoms with Gasteiger partial charge in [-0.15, -0.1) is 0 Å². The smallest absolute Gasteiger partial charge is 0.246 e. The van der Waals surface area contributed by atoms with E-state index in [9.17, 15) is 9.59 Å². The lowest BCUT2D eigenvalue weighted by molar-refractivity contribution is 0.0346. The predicted molar refractivity (Wildman–Crippen MR) is 111 cm³/mol. The van der Waals surface area contributed by atoms with Crippen LogP contribution in [0.25, 0.3) is 0 Å². The fourth-order valence-corrected chi connectivity index (χ4v) is 9.39. The van der Waals surface area contributed by atoms with Gasteiger partial charge in [0.2, 0.25) is 0 Å². The van der Waals surface area contributed by atoms with Gasteiger partial charge in [0.25, 0.3) is 0 Å². The Kier molecular flexibility index (Phi) is 3.17. The normalized spacial score (nSPS) is 50.6. The molecule has 7 rings (SSSR count). The Morgan fingerprint density at radius 3 is 1.89 bits per heavy atom. The lowest BCUT2D eigenvalue weighted by atomic mass is 9.62. The van der Waals surface area contributed by atoms with Crippen LogP contribution in [0.5, 0.6) is 0 Å². The van der Waals surface area contributed by atoms with Crippen LogP contribution in [0.4, 0.5) is 0 Å². The average Bonchev–Trinajstić information content (AvgIpc) is 3.13. The van der Waals surface area contributed by atoms with E-state index in [0.717, 1.165) is 12.8 Å². The minimum Gasteiger partial charge on any atom is -0.246 e. The quantitative estimate of drug-likeness (QED) is 0.438. The van der Waals surface area contributed by atoms with E-state index in [1.54, 1.807) is 13.9 Å². The fourth-order valence-electron chi connectivity index (χ4n) is 7.36. The van der Waals surface area contributed by atoms with E-state index >= 15 is 0 Å². The number of allylic oxidation sites excluding steroid dienone is 2. The van der Waals surface area contributed by atoms with Crippen molar-refractivity contribution < 1.29 is 0 Å². The van der Waals surface area contributed by atoms with Gasteiger partial charge in [0.15, 0.2) is 0 Å². The molecule has 4 aliphatic carbocycles. The van der Waals surface area contributed by atoms with E-state index in [0.29, 0.717) is 27.4 Å². The van der Waals surface area contributed by atoms with Gasteiger partial charge < -0.3 is 0 Å². The van der Waals surface area contributed by atoms with Gasteiger partial charge in [-0.3, -0.25) is 0 Å². The topological polar surface area (TPSA) is 48.9 Å². The van der Waals surface area contributed by atoms with Crippen LogP contribution < -0.4 is 11.4 Å². The summed E-state index contributed by atoms with van der Waals surface area (Å²) in [4.78, 5) is 27.8. The van der Waals surface area contributed by atoms with Crippen LogP contribution in [0.3, 0.4) is 0 Å². The molecule has 3 heterocycles. The number of hydrogen-bond acceptors (Lipinski definition) is 2. The summed E-state index contributed by atoms with van der Waals surface area (Å²) >= 11 is 7.59. The zero-order valence-corrected chi connectivity index (χ0v) is 19.0. The van der Waals surface area contributed by atoms with Crippen LogP contribution in [-0.4, -0.2) is 23.6 Å². The van der Waals surface area contributed by atoms with Gasteiger partial charge in [0, 0.05) is 27.5 Å². The number of hydrogen-bond donors (Lipinski definition) is 0. The SMILES string of the molecule is CC1(C)[C@@H]2CC[C@]1(C)[C@H](n1c(=O)n3n(c1=O)[C@@H]1C=C[C@@H]3[C@H]3[C@H](Br)[C@H](Br)[C@@H]31)C2. The summed E-state index contributed by atoms with van der Waals surface area (Å²) in [5.74, 6) is 1.36. The maximum atomic E-state index is 13.5. The van der Waals surface area contributed by atoms with Crippen LogP contribution in [0.2, 0.25) is 0 Å². The first-order valence-corrected chi connectivity index (χ1v) is 12.0. The minimum absolute atomic E-state index is 0.0140. The van der Waals surface area contributed by atoms with Crippen LogP contribution in [0, 0.1) is 28.6 Å². The first-order valence-electron chi connectivity index (χ1n) is 10.1. The Hall–Kier alpha value is -0.560. The van der Waals surface area contributed by atoms with Crippen molar-refractivity contribution >= 4 is 31.9 Å². The number of rotatable bonds is 1. The molecule has 5 nitrogen and oxygen atoms in total. The predicted octanol–water partition coefficient (Wildman–Crippen LogP) is 3.64. The standard InChI is InChI=1S/C20H25Br2N3O2/c1-19(2)9-6-7-20(19,3)12(8-9)23-17(26)24-10-4-5-11(25(24)18(23)27)14-13(10)15(21)16(14)22/h4-5,9-16H,6-8H2,1-3H3/t9-,10-,11-,12-,13-,14-,15-,16+,20-/m1/s1. The third kappa shape index (κ3) is 1.67. The van der Waals surface area contributed by atoms with Crippen molar-refractivity contribution in [3.63, 3.8) is 0 Å². The Morgan fingerprint density at radius 2 is 1.48 bits per heavy atom. The van der Waals surface area contributed by atoms with Gasteiger partial charge in [-0.1, -0.05) is 64.8 Å². The molecular weight excluding hydrogens is 474 g/mol. The molecule has 0 spiro atoms. The summed E-state index contributed by atoms with van der Waals surface area (Å²) in [6, 6.07) is -0.00787. The summed E-state index contributed by atoms with van der Waals surface area (Å²) in [5, 5.41) is 0. The Morgan fingerprint density at radius 1 is 0.963 bits per heavy atom. The molecule has 0 amide bonds. The van der Waals surface area contributed by atoms with Gasteiger partial charge in [-0.05, 0) is 36.0 Å². The molecule has 3 saturated carbocycles. The molecule has 7 heteroatoms. The van der Waals surface area contributed by atoms with Crippen LogP contribution in [0.1, 0.15) is 58.2 Å². The molecular formula is C20H25Br2N3O2. The third-order valence-electron chi connectivity index (χ3n) is 9.44. The van der Waals surface area contributed by atoms with E-state index in [4.69, 9.17) is 0 Å². The van der Waals surface area contributed by atoms with Crippen molar-refractivity contribution in [3.8, 4) is 0 Å². The zero-order valence-electron chi connectivity index (χ0n) is 15.8. The van der Waals surface area contributed by atoms with Crippen molar-refractivity contribution in [1.82, 2.24) is 13.9 Å². The molecule has 0 aromatic carbocycles. The fraction of sp³-hybridized carbons (Fsp3) is 0.800. The summed E-state index contributed by atoms with van der Waals surface area (Å²) in [5.41, 5.74) is 0.00440. The summed E-state index contributed by atoms with van der Waals surface area (Å²) in [6.45, 7) is 6.97. The van der Waals surface area contributed by atoms with Gasteiger partial charge in [-0.2, -0.15) is 0 Å². The van der Waals surface area contributed by atoms with Crippen LogP contribution in [0.15, 0.2) is 21.7 Å². The lowest BCUT2D eigenvalue weighted by Crippen LogP contribution is -2.63. The van der Waals surface area contributed by atoms with E-state index in [-0.39, 0.29) is 40.3 Å². The molecule has 9 atom stereocenters. The van der Waals surface area contributed by atoms with E-state index in [1.807, 2.05) is 0 Å². The highest BCUT2D eigenvalue weighted by molar-refractivity contribution is 9.12. The van der Waals surface area contributed by atoms with Gasteiger partial charge in [0.05, 0.1) is 12.1 Å². The van der Waals surface area contributed by atoms with E-state index in [2.05, 4.69) is 64.8 Å². The molecule has 1 aromatic rings. The van der Waals surface area contributed by atoms with Crippen molar-refractivity contribution in [1.29, 1.82) is 0 Å². The molecule has 27 heavy (non-hydrogen) atoms. The molecule has 0 radical (unpaired) electrons. The molecule has 146 valence electrons. The second kappa shape index (κ2) is 4.94. The highest BCUT2D eigenvalue weighted by atomic mass is 79.9. The maximum absolute atomic E-state index is 13.5. The van der Waals surface area contributed by atoms with Gasteiger partial charge >= 0.3 is 11.4 Å². The van der Waals surface area contributed by atoms with Crippen LogP contribution >= 0.6 is 31.9 Å². The summed E-state index contributed by atoms with van der Waals surface area (Å²) in [7, 11) is 0. The lowest BCUT2D eigenvalue weighted by Gasteiger charge is -2.58. The Bertz CT molecular complexity index is 948. The zero-order chi connectivity index (χ0) is 19.0. The average molecular weight is 499 g/mol. The number of halogens is 2. The monoisotopic (exact) mass is 497 g/mol. The highest BCUT2D eigenvalue weighted by Crippen LogP contribution is 2.69. The molecule has 2 aliphatic heterocycles. The highest BCUT2D eigenvalue weighted by Gasteiger charge is 2.64. The number of aromatic nitrogens is 3. The van der Waals surface area contributed by atoms with Gasteiger partial charge in [0.1, 0.15) is 0 Å². The van der Waals surface area contributed by atoms with Crippen LogP contribution in [-0.2, 0) is 0 Å². The minimum atomic E-state index is -0.0925. The molecule has 4 bridgehead atoms. The molecule has 1 aromatic heterocycles. The number of nitrogens with zero attached hydrogens (tertiary/aromatic N) is 3. The molecule has 0 unspecified atom stereocenters. The summed E-state index contributed by atoms with van der Waals surface area (Å²) < 4.78 is 5.21. The van der Waals surface area contributed by atoms with Crippen molar-refractivity contribution in [2.45, 2.75) is 67.8 Å². The number of alkyl halides is 2. The Labute approximate surface area is 175 Å². The first kappa shape index (κ1) is 17.3. The largest absolute Gasteiger partial charge is 0.348 e. The second-order valence-corrected chi connectivity index (χ2v) is 12.3. The van der Waals surface area contributed by atoms with Crippen molar-refractivity contribution in [2.75, 3.05) is 0 Å². The maximum Gasteiger partial charge on any atom is 0.348 e. The molecule has 6 aliphatic rings. The first-order chi connectivity index (χ1) is 12.7.